The topological polar surface area (TPSA) is 65.4 Å². The maximum absolute atomic E-state index is 12.3. The second kappa shape index (κ2) is 8.98. The number of halogens is 1. The minimum absolute atomic E-state index is 0.150. The fourth-order valence-corrected chi connectivity index (χ4v) is 4.22. The van der Waals surface area contributed by atoms with Crippen molar-refractivity contribution in [1.29, 1.82) is 0 Å². The SMILES string of the molecule is COc1ccc(-n2nc(C)c(C3C=CC(OC(=O)Nc4ccc(Br)cc4)C3)c2C)cc1. The zero-order valence-corrected chi connectivity index (χ0v) is 19.2. The summed E-state index contributed by atoms with van der Waals surface area (Å²) >= 11 is 3.38. The number of carbonyl (C=O) groups excluding carboxylic acids is 1. The minimum Gasteiger partial charge on any atom is -0.497 e. The van der Waals surface area contributed by atoms with E-state index < -0.39 is 6.09 Å². The monoisotopic (exact) mass is 481 g/mol. The fraction of sp³-hybridized carbons (Fsp3) is 0.250. The molecule has 4 rings (SSSR count). The Morgan fingerprint density at radius 2 is 1.81 bits per heavy atom. The number of aromatic nitrogens is 2. The van der Waals surface area contributed by atoms with Crippen LogP contribution in [0.4, 0.5) is 10.5 Å². The summed E-state index contributed by atoms with van der Waals surface area (Å²) in [6.07, 6.45) is 4.02. The van der Waals surface area contributed by atoms with Crippen LogP contribution in [0.15, 0.2) is 65.2 Å². The Labute approximate surface area is 190 Å². The van der Waals surface area contributed by atoms with Crippen molar-refractivity contribution in [3.8, 4) is 11.4 Å². The molecule has 1 amide bonds. The Hall–Kier alpha value is -3.06. The van der Waals surface area contributed by atoms with Crippen molar-refractivity contribution in [2.45, 2.75) is 32.3 Å². The summed E-state index contributed by atoms with van der Waals surface area (Å²) in [5.41, 5.74) is 4.90. The van der Waals surface area contributed by atoms with E-state index in [9.17, 15) is 4.79 Å². The summed E-state index contributed by atoms with van der Waals surface area (Å²) in [4.78, 5) is 12.3. The minimum atomic E-state index is -0.458. The van der Waals surface area contributed by atoms with Gasteiger partial charge in [0, 0.05) is 27.3 Å². The molecule has 1 aliphatic carbocycles. The van der Waals surface area contributed by atoms with Gasteiger partial charge in [0.1, 0.15) is 11.9 Å². The number of nitrogens with one attached hydrogen (secondary N) is 1. The van der Waals surface area contributed by atoms with E-state index in [0.717, 1.165) is 27.3 Å². The van der Waals surface area contributed by atoms with Crippen molar-refractivity contribution < 1.29 is 14.3 Å². The first-order chi connectivity index (χ1) is 14.9. The van der Waals surface area contributed by atoms with Gasteiger partial charge in [0.2, 0.25) is 0 Å². The number of aryl methyl sites for hydroxylation is 1. The molecule has 0 radical (unpaired) electrons. The second-order valence-corrected chi connectivity index (χ2v) is 8.41. The third-order valence-electron chi connectivity index (χ3n) is 5.43. The Morgan fingerprint density at radius 1 is 1.10 bits per heavy atom. The predicted molar refractivity (Wildman–Crippen MR) is 124 cm³/mol. The lowest BCUT2D eigenvalue weighted by Crippen LogP contribution is -2.20. The number of benzene rings is 2. The van der Waals surface area contributed by atoms with Gasteiger partial charge in [-0.05, 0) is 74.9 Å². The summed E-state index contributed by atoms with van der Waals surface area (Å²) in [7, 11) is 1.65. The van der Waals surface area contributed by atoms with Gasteiger partial charge in [0.15, 0.2) is 0 Å². The molecular weight excluding hydrogens is 458 g/mol. The number of amides is 1. The molecule has 3 aromatic rings. The highest BCUT2D eigenvalue weighted by atomic mass is 79.9. The van der Waals surface area contributed by atoms with Gasteiger partial charge in [-0.3, -0.25) is 5.32 Å². The second-order valence-electron chi connectivity index (χ2n) is 7.50. The third-order valence-corrected chi connectivity index (χ3v) is 5.96. The largest absolute Gasteiger partial charge is 0.497 e. The first-order valence-electron chi connectivity index (χ1n) is 10.1. The van der Waals surface area contributed by atoms with Gasteiger partial charge >= 0.3 is 6.09 Å². The number of ether oxygens (including phenoxy) is 2. The van der Waals surface area contributed by atoms with E-state index >= 15 is 0 Å². The van der Waals surface area contributed by atoms with Crippen molar-refractivity contribution >= 4 is 27.7 Å². The Balaban J connectivity index is 1.43. The normalized spacial score (nSPS) is 17.5. The van der Waals surface area contributed by atoms with Crippen molar-refractivity contribution in [2.75, 3.05) is 12.4 Å². The van der Waals surface area contributed by atoms with Crippen LogP contribution in [-0.2, 0) is 4.74 Å². The van der Waals surface area contributed by atoms with Gasteiger partial charge in [0.05, 0.1) is 18.5 Å². The zero-order valence-electron chi connectivity index (χ0n) is 17.6. The van der Waals surface area contributed by atoms with E-state index in [1.54, 1.807) is 7.11 Å². The van der Waals surface area contributed by atoms with Gasteiger partial charge in [-0.15, -0.1) is 0 Å². The predicted octanol–water partition coefficient (Wildman–Crippen LogP) is 5.92. The zero-order chi connectivity index (χ0) is 22.0. The molecule has 31 heavy (non-hydrogen) atoms. The molecule has 0 bridgehead atoms. The van der Waals surface area contributed by atoms with Crippen molar-refractivity contribution in [2.24, 2.45) is 0 Å². The molecule has 0 saturated carbocycles. The number of hydrogen-bond acceptors (Lipinski definition) is 4. The van der Waals surface area contributed by atoms with E-state index in [4.69, 9.17) is 14.6 Å². The van der Waals surface area contributed by atoms with Gasteiger partial charge in [-0.25, -0.2) is 9.48 Å². The smallest absolute Gasteiger partial charge is 0.412 e. The molecule has 6 nitrogen and oxygen atoms in total. The number of allylic oxidation sites excluding steroid dienone is 1. The van der Waals surface area contributed by atoms with Crippen LogP contribution < -0.4 is 10.1 Å². The van der Waals surface area contributed by atoms with Gasteiger partial charge < -0.3 is 9.47 Å². The lowest BCUT2D eigenvalue weighted by molar-refractivity contribution is 0.132. The van der Waals surface area contributed by atoms with Crippen molar-refractivity contribution in [3.63, 3.8) is 0 Å². The van der Waals surface area contributed by atoms with Crippen LogP contribution in [0.2, 0.25) is 0 Å². The molecule has 1 aromatic heterocycles. The quantitative estimate of drug-likeness (QED) is 0.459. The standard InChI is InChI=1S/C24H24BrN3O3/c1-15-23(16(2)28(27-15)20-9-12-21(30-3)13-10-20)17-4-11-22(14-17)31-24(29)26-19-7-5-18(25)6-8-19/h4-13,17,22H,14H2,1-3H3,(H,26,29). The summed E-state index contributed by atoms with van der Waals surface area (Å²) < 4.78 is 13.8. The Kier molecular flexibility index (Phi) is 6.13. The summed E-state index contributed by atoms with van der Waals surface area (Å²) in [6.45, 7) is 4.09. The third kappa shape index (κ3) is 4.66. The van der Waals surface area contributed by atoms with Gasteiger partial charge in [-0.1, -0.05) is 22.0 Å². The van der Waals surface area contributed by atoms with Crippen LogP contribution in [0.3, 0.4) is 0 Å². The molecule has 1 N–H and O–H groups in total. The van der Waals surface area contributed by atoms with E-state index in [1.807, 2.05) is 66.2 Å². The van der Waals surface area contributed by atoms with Crippen LogP contribution >= 0.6 is 15.9 Å². The molecule has 2 atom stereocenters. The number of carbonyl (C=O) groups is 1. The van der Waals surface area contributed by atoms with Crippen molar-refractivity contribution in [3.05, 3.63) is 82.1 Å². The molecule has 2 aromatic carbocycles. The maximum atomic E-state index is 12.3. The molecule has 1 heterocycles. The summed E-state index contributed by atoms with van der Waals surface area (Å²) in [5, 5.41) is 7.51. The van der Waals surface area contributed by atoms with E-state index in [0.29, 0.717) is 12.1 Å². The number of anilines is 1. The first-order valence-corrected chi connectivity index (χ1v) is 10.9. The van der Waals surface area contributed by atoms with Crippen LogP contribution in [-0.4, -0.2) is 29.1 Å². The van der Waals surface area contributed by atoms with E-state index in [1.165, 1.54) is 5.56 Å². The molecule has 0 fully saturated rings. The lowest BCUT2D eigenvalue weighted by atomic mass is 9.96. The molecule has 0 saturated heterocycles. The molecule has 0 spiro atoms. The molecule has 0 aliphatic heterocycles. The van der Waals surface area contributed by atoms with E-state index in [2.05, 4.69) is 34.2 Å². The maximum Gasteiger partial charge on any atom is 0.412 e. The van der Waals surface area contributed by atoms with Crippen LogP contribution in [0.1, 0.15) is 29.3 Å². The lowest BCUT2D eigenvalue weighted by Gasteiger charge is -2.15. The number of nitrogens with zero attached hydrogens (tertiary/aromatic N) is 2. The average molecular weight is 482 g/mol. The molecule has 7 heteroatoms. The molecule has 160 valence electrons. The molecule has 1 aliphatic rings. The van der Waals surface area contributed by atoms with Crippen molar-refractivity contribution in [1.82, 2.24) is 9.78 Å². The van der Waals surface area contributed by atoms with Crippen LogP contribution in [0.5, 0.6) is 5.75 Å². The Bertz CT molecular complexity index is 1100. The number of methoxy groups -OCH3 is 1. The van der Waals surface area contributed by atoms with Crippen LogP contribution in [0, 0.1) is 13.8 Å². The van der Waals surface area contributed by atoms with E-state index in [-0.39, 0.29) is 12.0 Å². The highest BCUT2D eigenvalue weighted by Crippen LogP contribution is 2.35. The average Bonchev–Trinajstić information content (AvgIpc) is 3.33. The fourth-order valence-electron chi connectivity index (χ4n) is 3.95. The summed E-state index contributed by atoms with van der Waals surface area (Å²) in [6, 6.07) is 15.2. The number of hydrogen-bond donors (Lipinski definition) is 1. The highest BCUT2D eigenvalue weighted by molar-refractivity contribution is 9.10. The molecular formula is C24H24BrN3O3. The summed E-state index contributed by atoms with van der Waals surface area (Å²) in [5.74, 6) is 0.961. The number of rotatable bonds is 5. The molecule has 2 unspecified atom stereocenters. The Morgan fingerprint density at radius 3 is 2.48 bits per heavy atom. The van der Waals surface area contributed by atoms with Gasteiger partial charge in [-0.2, -0.15) is 5.10 Å². The van der Waals surface area contributed by atoms with Crippen LogP contribution in [0.25, 0.3) is 5.69 Å². The van der Waals surface area contributed by atoms with Gasteiger partial charge in [0.25, 0.3) is 0 Å². The first kappa shape index (κ1) is 21.2. The highest BCUT2D eigenvalue weighted by Gasteiger charge is 2.28.